The number of hydrogen-bond donors (Lipinski definition) is 1. The van der Waals surface area contributed by atoms with E-state index in [-0.39, 0.29) is 34.3 Å². The smallest absolute Gasteiger partial charge is 0.563 e. The summed E-state index contributed by atoms with van der Waals surface area (Å²) >= 11 is 4.94. The van der Waals surface area contributed by atoms with Gasteiger partial charge in [0.15, 0.2) is 0 Å². The van der Waals surface area contributed by atoms with E-state index in [1.54, 1.807) is 0 Å². The maximum absolute atomic E-state index is 9.24. The monoisotopic (exact) mass is 424 g/mol. The first-order valence-electron chi connectivity index (χ1n) is 2.18. The van der Waals surface area contributed by atoms with Crippen molar-refractivity contribution in [3.05, 3.63) is 0 Å². The summed E-state index contributed by atoms with van der Waals surface area (Å²) in [5, 5.41) is 7.74. The van der Waals surface area contributed by atoms with Crippen LogP contribution in [0.15, 0.2) is 0 Å². The molecule has 1 N–H and O–H groups in total. The maximum atomic E-state index is 9.24. The summed E-state index contributed by atoms with van der Waals surface area (Å²) < 4.78 is 21.6. The molecular formula is C2H5ClHgO6P2+2. The second kappa shape index (κ2) is 14.8. The van der Waals surface area contributed by atoms with E-state index in [1.807, 2.05) is 0 Å². The van der Waals surface area contributed by atoms with Gasteiger partial charge in [0.1, 0.15) is 4.31 Å². The molecule has 0 aromatic heterocycles. The predicted molar refractivity (Wildman–Crippen MR) is 34.1 cm³/mol. The Balaban J connectivity index is -0.000000142. The summed E-state index contributed by atoms with van der Waals surface area (Å²) in [5.41, 5.74) is 0. The van der Waals surface area contributed by atoms with Crippen molar-refractivity contribution in [3.63, 3.8) is 0 Å². The van der Waals surface area contributed by atoms with E-state index in [0.717, 1.165) is 0 Å². The van der Waals surface area contributed by atoms with Gasteiger partial charge < -0.3 is 14.9 Å². The van der Waals surface area contributed by atoms with Crippen LogP contribution < -0.4 is 9.79 Å². The number of aliphatic hydroxyl groups excluding tert-OH is 1. The SMILES string of the molecule is O=[P+]([O-])O[P+](=O)[O-].OCCCl.[Hg+2]. The Morgan fingerprint density at radius 3 is 1.58 bits per heavy atom. The molecule has 2 atom stereocenters. The first-order chi connectivity index (χ1) is 5.04. The van der Waals surface area contributed by atoms with Crippen molar-refractivity contribution < 1.29 is 56.0 Å². The largest absolute Gasteiger partial charge is 2.00 e. The minimum Gasteiger partial charge on any atom is -0.563 e. The molecule has 0 aliphatic heterocycles. The summed E-state index contributed by atoms with van der Waals surface area (Å²) in [6, 6.07) is 0. The minimum atomic E-state index is -3.24. The van der Waals surface area contributed by atoms with Crippen LogP contribution in [0.5, 0.6) is 0 Å². The van der Waals surface area contributed by atoms with Crippen molar-refractivity contribution in [1.82, 2.24) is 0 Å². The fraction of sp³-hybridized carbons (Fsp3) is 1.00. The molecule has 6 nitrogen and oxygen atoms in total. The zero-order chi connectivity index (χ0) is 9.28. The summed E-state index contributed by atoms with van der Waals surface area (Å²) in [7, 11) is -6.47. The average molecular weight is 423 g/mol. The predicted octanol–water partition coefficient (Wildman–Crippen LogP) is -0.747. The third-order valence-electron chi connectivity index (χ3n) is 0.218. The van der Waals surface area contributed by atoms with Crippen molar-refractivity contribution in [2.75, 3.05) is 12.5 Å². The standard InChI is InChI=1S/C2H5ClO.Hg.O5P2/c3-1-2-4;;1-6(2)5-7(3)4/h4H,1-2H2;;/q;+2;. The zero-order valence-corrected chi connectivity index (χ0v) is 13.9. The van der Waals surface area contributed by atoms with E-state index in [9.17, 15) is 18.9 Å². The molecule has 0 spiro atoms. The topological polar surface area (TPSA) is 110 Å². The van der Waals surface area contributed by atoms with Crippen LogP contribution in [-0.4, -0.2) is 17.6 Å². The van der Waals surface area contributed by atoms with Crippen molar-refractivity contribution in [1.29, 1.82) is 0 Å². The van der Waals surface area contributed by atoms with Gasteiger partial charge in [-0.1, -0.05) is 0 Å². The molecule has 0 radical (unpaired) electrons. The van der Waals surface area contributed by atoms with Crippen LogP contribution in [0, 0.1) is 0 Å². The molecular weight excluding hydrogens is 418 g/mol. The molecule has 0 aromatic carbocycles. The number of rotatable bonds is 3. The Hall–Kier alpha value is 1.27. The van der Waals surface area contributed by atoms with Gasteiger partial charge in [0.2, 0.25) is 0 Å². The van der Waals surface area contributed by atoms with Gasteiger partial charge in [-0.15, -0.1) is 11.6 Å². The Bertz CT molecular complexity index is 119. The van der Waals surface area contributed by atoms with E-state index < -0.39 is 16.5 Å². The summed E-state index contributed by atoms with van der Waals surface area (Å²) in [6.45, 7) is 0.0849. The van der Waals surface area contributed by atoms with Crippen LogP contribution in [0.2, 0.25) is 0 Å². The third-order valence-corrected chi connectivity index (χ3v) is 1.45. The molecule has 0 aliphatic carbocycles. The van der Waals surface area contributed by atoms with Crippen molar-refractivity contribution >= 4 is 28.1 Å². The molecule has 0 saturated heterocycles. The number of alkyl halides is 1. The van der Waals surface area contributed by atoms with Gasteiger partial charge in [-0.3, -0.25) is 0 Å². The molecule has 0 heterocycles. The number of aliphatic hydroxyl groups is 1. The molecule has 0 fully saturated rings. The Kier molecular flexibility index (Phi) is 23.3. The summed E-state index contributed by atoms with van der Waals surface area (Å²) in [5.74, 6) is 0.347. The van der Waals surface area contributed by atoms with Crippen LogP contribution >= 0.6 is 28.1 Å². The Labute approximate surface area is 96.3 Å². The van der Waals surface area contributed by atoms with Crippen molar-refractivity contribution in [2.45, 2.75) is 0 Å². The van der Waals surface area contributed by atoms with E-state index >= 15 is 0 Å². The molecule has 0 aromatic rings. The number of hydrogen-bond acceptors (Lipinski definition) is 6. The molecule has 0 bridgehead atoms. The van der Waals surface area contributed by atoms with Gasteiger partial charge in [0.05, 0.1) is 6.61 Å². The minimum absolute atomic E-state index is 0. The van der Waals surface area contributed by atoms with Gasteiger partial charge in [0, 0.05) is 5.88 Å². The second-order valence-electron chi connectivity index (χ2n) is 0.941. The van der Waals surface area contributed by atoms with Gasteiger partial charge in [-0.2, -0.15) is 0 Å². The first-order valence-corrected chi connectivity index (χ1v) is 4.90. The zero-order valence-electron chi connectivity index (χ0n) is 5.88. The fourth-order valence-electron chi connectivity index (χ4n) is 0.0544. The molecule has 12 heavy (non-hydrogen) atoms. The van der Waals surface area contributed by atoms with E-state index in [0.29, 0.717) is 5.88 Å². The van der Waals surface area contributed by atoms with Crippen LogP contribution in [0.3, 0.4) is 0 Å². The maximum Gasteiger partial charge on any atom is 2.00 e. The summed E-state index contributed by atoms with van der Waals surface area (Å²) in [4.78, 5) is 18.5. The average Bonchev–Trinajstić information content (AvgIpc) is 1.85. The van der Waals surface area contributed by atoms with Crippen LogP contribution in [0.4, 0.5) is 0 Å². The number of halogens is 1. The van der Waals surface area contributed by atoms with Gasteiger partial charge >= 0.3 is 44.2 Å². The Morgan fingerprint density at radius 1 is 1.33 bits per heavy atom. The van der Waals surface area contributed by atoms with Crippen molar-refractivity contribution in [2.24, 2.45) is 0 Å². The molecule has 66 valence electrons. The Morgan fingerprint density at radius 2 is 1.58 bits per heavy atom. The van der Waals surface area contributed by atoms with E-state index in [2.05, 4.69) is 4.31 Å². The molecule has 0 amide bonds. The van der Waals surface area contributed by atoms with Crippen LogP contribution in [-0.2, 0) is 41.1 Å². The van der Waals surface area contributed by atoms with Crippen LogP contribution in [0.1, 0.15) is 0 Å². The quantitative estimate of drug-likeness (QED) is 0.364. The molecule has 0 saturated carbocycles. The van der Waals surface area contributed by atoms with Gasteiger partial charge in [-0.25, -0.2) is 0 Å². The van der Waals surface area contributed by atoms with Gasteiger partial charge in [0.25, 0.3) is 0 Å². The molecule has 0 aliphatic rings. The fourth-order valence-corrected chi connectivity index (χ4v) is 0.490. The summed E-state index contributed by atoms with van der Waals surface area (Å²) in [6.07, 6.45) is 0. The second-order valence-corrected chi connectivity index (χ2v) is 2.87. The molecule has 2 unspecified atom stereocenters. The van der Waals surface area contributed by atoms with Gasteiger partial charge in [-0.05, 0) is 9.13 Å². The molecule has 10 heteroatoms. The normalized spacial score (nSPS) is 10.3. The van der Waals surface area contributed by atoms with Crippen LogP contribution in [0.25, 0.3) is 0 Å². The molecule has 0 rings (SSSR count). The van der Waals surface area contributed by atoms with E-state index in [1.165, 1.54) is 0 Å². The van der Waals surface area contributed by atoms with E-state index in [4.69, 9.17) is 16.7 Å². The third kappa shape index (κ3) is 30.2. The first kappa shape index (κ1) is 18.9. The van der Waals surface area contributed by atoms with Crippen molar-refractivity contribution in [3.8, 4) is 0 Å².